The van der Waals surface area contributed by atoms with Crippen LogP contribution >= 0.6 is 0 Å². The summed E-state index contributed by atoms with van der Waals surface area (Å²) in [7, 11) is 1.63. The Kier molecular flexibility index (Phi) is 4.14. The van der Waals surface area contributed by atoms with Gasteiger partial charge < -0.3 is 15.4 Å². The Bertz CT molecular complexity index is 728. The molecule has 1 atom stereocenters. The number of carbonyl (C=O) groups excluding carboxylic acids is 1. The Morgan fingerprint density at radius 1 is 1.35 bits per heavy atom. The number of amides is 1. The summed E-state index contributed by atoms with van der Waals surface area (Å²) in [6.07, 6.45) is 3.97. The predicted molar refractivity (Wildman–Crippen MR) is 89.0 cm³/mol. The molecular formula is C17H20N4O2. The number of rotatable bonds is 4. The van der Waals surface area contributed by atoms with Crippen molar-refractivity contribution in [3.8, 4) is 5.75 Å². The van der Waals surface area contributed by atoms with Crippen molar-refractivity contribution < 1.29 is 9.53 Å². The number of benzene rings is 1. The maximum absolute atomic E-state index is 12.1. The molecule has 1 aliphatic heterocycles. The van der Waals surface area contributed by atoms with Gasteiger partial charge in [-0.15, -0.1) is 0 Å². The van der Waals surface area contributed by atoms with Crippen LogP contribution in [0.25, 0.3) is 0 Å². The molecule has 0 radical (unpaired) electrons. The van der Waals surface area contributed by atoms with Crippen molar-refractivity contribution in [3.05, 3.63) is 41.2 Å². The molecule has 0 spiro atoms. The zero-order valence-corrected chi connectivity index (χ0v) is 13.5. The van der Waals surface area contributed by atoms with E-state index in [2.05, 4.69) is 20.6 Å². The van der Waals surface area contributed by atoms with E-state index in [9.17, 15) is 4.79 Å². The van der Waals surface area contributed by atoms with Crippen LogP contribution in [0.4, 0.5) is 11.6 Å². The number of fused-ring (bicyclic) bond motifs is 1. The third-order valence-corrected chi connectivity index (χ3v) is 4.11. The van der Waals surface area contributed by atoms with Crippen molar-refractivity contribution in [1.29, 1.82) is 0 Å². The second kappa shape index (κ2) is 6.24. The average Bonchev–Trinajstić information content (AvgIpc) is 2.56. The minimum atomic E-state index is -0.0426. The SMILES string of the molecule is CCNc1ncc(C2CC(=O)Nc3c2ccc(OC)c3C)cn1. The van der Waals surface area contributed by atoms with E-state index in [1.54, 1.807) is 19.5 Å². The van der Waals surface area contributed by atoms with Gasteiger partial charge in [0.2, 0.25) is 11.9 Å². The highest BCUT2D eigenvalue weighted by Crippen LogP contribution is 2.41. The highest BCUT2D eigenvalue weighted by molar-refractivity contribution is 5.96. The Balaban J connectivity index is 2.01. The standard InChI is InChI=1S/C17H20N4O2/c1-4-18-17-19-8-11(9-20-17)13-7-15(22)21-16-10(2)14(23-3)6-5-12(13)16/h5-6,8-9,13H,4,7H2,1-3H3,(H,21,22)(H,18,19,20). The molecule has 0 saturated carbocycles. The largest absolute Gasteiger partial charge is 0.496 e. The molecule has 0 saturated heterocycles. The maximum Gasteiger partial charge on any atom is 0.225 e. The summed E-state index contributed by atoms with van der Waals surface area (Å²) in [5.74, 6) is 1.32. The first-order valence-electron chi connectivity index (χ1n) is 7.67. The normalized spacial score (nSPS) is 16.5. The maximum atomic E-state index is 12.1. The molecule has 23 heavy (non-hydrogen) atoms. The first-order chi connectivity index (χ1) is 11.1. The van der Waals surface area contributed by atoms with Crippen LogP contribution in [0.1, 0.15) is 36.0 Å². The van der Waals surface area contributed by atoms with Gasteiger partial charge in [-0.05, 0) is 31.0 Å². The van der Waals surface area contributed by atoms with Crippen molar-refractivity contribution in [2.75, 3.05) is 24.3 Å². The number of nitrogens with zero attached hydrogens (tertiary/aromatic N) is 2. The number of methoxy groups -OCH3 is 1. The lowest BCUT2D eigenvalue weighted by atomic mass is 9.84. The first kappa shape index (κ1) is 15.3. The third-order valence-electron chi connectivity index (χ3n) is 4.11. The van der Waals surface area contributed by atoms with Crippen molar-refractivity contribution >= 4 is 17.5 Å². The van der Waals surface area contributed by atoms with E-state index in [-0.39, 0.29) is 11.8 Å². The van der Waals surface area contributed by atoms with Gasteiger partial charge in [0, 0.05) is 36.8 Å². The Hall–Kier alpha value is -2.63. The summed E-state index contributed by atoms with van der Waals surface area (Å²) >= 11 is 0. The van der Waals surface area contributed by atoms with E-state index in [0.717, 1.165) is 34.7 Å². The van der Waals surface area contributed by atoms with Gasteiger partial charge in [-0.1, -0.05) is 6.07 Å². The number of anilines is 2. The Morgan fingerprint density at radius 3 is 2.74 bits per heavy atom. The van der Waals surface area contributed by atoms with E-state index in [0.29, 0.717) is 12.4 Å². The van der Waals surface area contributed by atoms with Gasteiger partial charge in [-0.25, -0.2) is 9.97 Å². The first-order valence-corrected chi connectivity index (χ1v) is 7.67. The number of nitrogens with one attached hydrogen (secondary N) is 2. The van der Waals surface area contributed by atoms with Gasteiger partial charge in [-0.3, -0.25) is 4.79 Å². The van der Waals surface area contributed by atoms with Gasteiger partial charge in [0.05, 0.1) is 12.8 Å². The van der Waals surface area contributed by atoms with Gasteiger partial charge in [-0.2, -0.15) is 0 Å². The van der Waals surface area contributed by atoms with Crippen LogP contribution in [0.2, 0.25) is 0 Å². The summed E-state index contributed by atoms with van der Waals surface area (Å²) in [5.41, 5.74) is 3.78. The minimum Gasteiger partial charge on any atom is -0.496 e. The summed E-state index contributed by atoms with van der Waals surface area (Å²) in [6.45, 7) is 4.72. The van der Waals surface area contributed by atoms with Crippen LogP contribution in [0, 0.1) is 6.92 Å². The topological polar surface area (TPSA) is 76.1 Å². The molecule has 0 aliphatic carbocycles. The van der Waals surface area contributed by atoms with E-state index in [1.165, 1.54) is 0 Å². The van der Waals surface area contributed by atoms with Gasteiger partial charge in [0.25, 0.3) is 0 Å². The predicted octanol–water partition coefficient (Wildman–Crippen LogP) is 2.70. The number of ether oxygens (including phenoxy) is 1. The molecule has 6 heteroatoms. The van der Waals surface area contributed by atoms with Crippen molar-refractivity contribution in [3.63, 3.8) is 0 Å². The number of aromatic nitrogens is 2. The van der Waals surface area contributed by atoms with Crippen LogP contribution in [-0.2, 0) is 4.79 Å². The molecule has 2 heterocycles. The van der Waals surface area contributed by atoms with Crippen molar-refractivity contribution in [2.45, 2.75) is 26.2 Å². The van der Waals surface area contributed by atoms with E-state index in [1.807, 2.05) is 26.0 Å². The van der Waals surface area contributed by atoms with E-state index in [4.69, 9.17) is 4.74 Å². The summed E-state index contributed by atoms with van der Waals surface area (Å²) in [6, 6.07) is 3.94. The number of hydrogen-bond acceptors (Lipinski definition) is 5. The lowest BCUT2D eigenvalue weighted by Gasteiger charge is -2.27. The number of carbonyl (C=O) groups is 1. The molecule has 2 N–H and O–H groups in total. The molecule has 1 amide bonds. The smallest absolute Gasteiger partial charge is 0.225 e. The van der Waals surface area contributed by atoms with E-state index >= 15 is 0 Å². The number of hydrogen-bond donors (Lipinski definition) is 2. The quantitative estimate of drug-likeness (QED) is 0.908. The molecule has 6 nitrogen and oxygen atoms in total. The minimum absolute atomic E-state index is 0.00499. The highest BCUT2D eigenvalue weighted by atomic mass is 16.5. The molecule has 1 aliphatic rings. The Morgan fingerprint density at radius 2 is 2.09 bits per heavy atom. The summed E-state index contributed by atoms with van der Waals surface area (Å²) in [5, 5.41) is 6.03. The fourth-order valence-electron chi connectivity index (χ4n) is 2.94. The van der Waals surface area contributed by atoms with Gasteiger partial charge in [0.15, 0.2) is 0 Å². The van der Waals surface area contributed by atoms with Gasteiger partial charge >= 0.3 is 0 Å². The van der Waals surface area contributed by atoms with Crippen LogP contribution in [-0.4, -0.2) is 29.5 Å². The molecule has 1 unspecified atom stereocenters. The zero-order valence-electron chi connectivity index (χ0n) is 13.5. The van der Waals surface area contributed by atoms with Crippen LogP contribution in [0.3, 0.4) is 0 Å². The zero-order chi connectivity index (χ0) is 16.4. The lowest BCUT2D eigenvalue weighted by molar-refractivity contribution is -0.116. The van der Waals surface area contributed by atoms with Crippen LogP contribution in [0.5, 0.6) is 5.75 Å². The van der Waals surface area contributed by atoms with Crippen molar-refractivity contribution in [1.82, 2.24) is 9.97 Å². The third kappa shape index (κ3) is 2.84. The molecule has 0 fully saturated rings. The van der Waals surface area contributed by atoms with Crippen LogP contribution in [0.15, 0.2) is 24.5 Å². The molecule has 1 aromatic heterocycles. The molecule has 1 aromatic carbocycles. The molecule has 0 bridgehead atoms. The second-order valence-electron chi connectivity index (χ2n) is 5.53. The van der Waals surface area contributed by atoms with Crippen LogP contribution < -0.4 is 15.4 Å². The Labute approximate surface area is 135 Å². The molecule has 120 valence electrons. The second-order valence-corrected chi connectivity index (χ2v) is 5.53. The average molecular weight is 312 g/mol. The van der Waals surface area contributed by atoms with Gasteiger partial charge in [0.1, 0.15) is 5.75 Å². The fourth-order valence-corrected chi connectivity index (χ4v) is 2.94. The monoisotopic (exact) mass is 312 g/mol. The summed E-state index contributed by atoms with van der Waals surface area (Å²) < 4.78 is 5.35. The lowest BCUT2D eigenvalue weighted by Crippen LogP contribution is -2.24. The fraction of sp³-hybridized carbons (Fsp3) is 0.353. The van der Waals surface area contributed by atoms with E-state index < -0.39 is 0 Å². The molecule has 3 rings (SSSR count). The summed E-state index contributed by atoms with van der Waals surface area (Å²) in [4.78, 5) is 20.8. The van der Waals surface area contributed by atoms with Crippen molar-refractivity contribution in [2.24, 2.45) is 0 Å². The molecule has 2 aromatic rings. The highest BCUT2D eigenvalue weighted by Gasteiger charge is 2.29. The molecular weight excluding hydrogens is 292 g/mol.